The predicted molar refractivity (Wildman–Crippen MR) is 109 cm³/mol. The highest BCUT2D eigenvalue weighted by Crippen LogP contribution is 2.61. The van der Waals surface area contributed by atoms with Crippen LogP contribution in [0.1, 0.15) is 65.7 Å². The van der Waals surface area contributed by atoms with Crippen LogP contribution in [0.4, 0.5) is 0 Å². The molecule has 4 saturated carbocycles. The van der Waals surface area contributed by atoms with Gasteiger partial charge in [-0.25, -0.2) is 0 Å². The molecule has 3 nitrogen and oxygen atoms in total. The van der Waals surface area contributed by atoms with E-state index in [1.807, 2.05) is 0 Å². The Morgan fingerprint density at radius 2 is 1.50 bits per heavy atom. The second-order valence-corrected chi connectivity index (χ2v) is 9.63. The van der Waals surface area contributed by atoms with E-state index in [1.54, 1.807) is 0 Å². The fourth-order valence-corrected chi connectivity index (χ4v) is 5.69. The molecule has 0 radical (unpaired) electrons. The highest BCUT2D eigenvalue weighted by molar-refractivity contribution is 14.1. The molecule has 0 saturated heterocycles. The molecule has 0 spiro atoms. The van der Waals surface area contributed by atoms with Gasteiger partial charge in [0.2, 0.25) is 0 Å². The van der Waals surface area contributed by atoms with Gasteiger partial charge in [0.15, 0.2) is 0 Å². The summed E-state index contributed by atoms with van der Waals surface area (Å²) < 4.78 is 6.75. The zero-order valence-electron chi connectivity index (χ0n) is 15.9. The lowest BCUT2D eigenvalue weighted by Gasteiger charge is -2.56. The Bertz CT molecular complexity index is 360. The van der Waals surface area contributed by atoms with Gasteiger partial charge < -0.3 is 9.64 Å². The van der Waals surface area contributed by atoms with Crippen LogP contribution in [0.2, 0.25) is 0 Å². The topological polar surface area (TPSA) is 29.5 Å². The van der Waals surface area contributed by atoms with E-state index in [9.17, 15) is 4.79 Å². The Labute approximate surface area is 162 Å². The molecule has 4 aliphatic rings. The summed E-state index contributed by atoms with van der Waals surface area (Å²) in [4.78, 5) is 14.5. The SMILES string of the molecule is CCI.CCN(CC)CCOC(=O)CC12CC3CC(CC(C3)C1)C2. The van der Waals surface area contributed by atoms with Crippen molar-refractivity contribution in [1.29, 1.82) is 0 Å². The first kappa shape index (κ1) is 20.5. The first-order valence-electron chi connectivity index (χ1n) is 9.98. The number of alkyl halides is 1. The summed E-state index contributed by atoms with van der Waals surface area (Å²) in [6, 6.07) is 0. The van der Waals surface area contributed by atoms with Crippen LogP contribution >= 0.6 is 22.6 Å². The molecule has 0 aromatic rings. The predicted octanol–water partition coefficient (Wildman–Crippen LogP) is 4.92. The third-order valence-electron chi connectivity index (χ3n) is 6.25. The molecule has 4 heteroatoms. The van der Waals surface area contributed by atoms with Crippen molar-refractivity contribution in [3.8, 4) is 0 Å². The molecule has 0 aliphatic heterocycles. The largest absolute Gasteiger partial charge is 0.464 e. The van der Waals surface area contributed by atoms with Gasteiger partial charge in [-0.05, 0) is 79.2 Å². The number of rotatable bonds is 7. The summed E-state index contributed by atoms with van der Waals surface area (Å²) in [5, 5.41) is 0. The summed E-state index contributed by atoms with van der Waals surface area (Å²) >= 11 is 2.29. The van der Waals surface area contributed by atoms with Crippen LogP contribution in [-0.4, -0.2) is 41.5 Å². The summed E-state index contributed by atoms with van der Waals surface area (Å²) in [7, 11) is 0. The van der Waals surface area contributed by atoms with Gasteiger partial charge in [-0.1, -0.05) is 43.4 Å². The summed E-state index contributed by atoms with van der Waals surface area (Å²) in [6.07, 6.45) is 8.90. The second kappa shape index (κ2) is 9.75. The zero-order valence-corrected chi connectivity index (χ0v) is 18.0. The van der Waals surface area contributed by atoms with Gasteiger partial charge in [-0.2, -0.15) is 0 Å². The fourth-order valence-electron chi connectivity index (χ4n) is 5.69. The quantitative estimate of drug-likeness (QED) is 0.314. The smallest absolute Gasteiger partial charge is 0.306 e. The number of hydrogen-bond donors (Lipinski definition) is 0. The standard InChI is InChI=1S/C18H31NO2.C2H5I/c1-3-19(4-2)5-6-21-17(20)13-18-10-14-7-15(11-18)9-16(8-14)12-18;1-2-3/h14-16H,3-13H2,1-2H3;2H2,1H3. The van der Waals surface area contributed by atoms with E-state index in [1.165, 1.54) is 43.0 Å². The molecular formula is C20H36INO2. The number of esters is 1. The molecule has 4 bridgehead atoms. The molecule has 4 aliphatic carbocycles. The summed E-state index contributed by atoms with van der Waals surface area (Å²) in [5.74, 6) is 2.81. The normalized spacial score (nSPS) is 33.3. The molecule has 0 unspecified atom stereocenters. The molecular weight excluding hydrogens is 413 g/mol. The van der Waals surface area contributed by atoms with Gasteiger partial charge in [-0.3, -0.25) is 4.79 Å². The van der Waals surface area contributed by atoms with Crippen molar-refractivity contribution < 1.29 is 9.53 Å². The van der Waals surface area contributed by atoms with Crippen LogP contribution < -0.4 is 0 Å². The fraction of sp³-hybridized carbons (Fsp3) is 0.950. The van der Waals surface area contributed by atoms with Gasteiger partial charge in [0.05, 0.1) is 6.42 Å². The van der Waals surface area contributed by atoms with Crippen LogP contribution in [0.25, 0.3) is 0 Å². The Hall–Kier alpha value is 0.160. The van der Waals surface area contributed by atoms with Crippen molar-refractivity contribution in [2.24, 2.45) is 23.2 Å². The Morgan fingerprint density at radius 3 is 1.92 bits per heavy atom. The van der Waals surface area contributed by atoms with E-state index in [0.29, 0.717) is 18.4 Å². The van der Waals surface area contributed by atoms with E-state index < -0.39 is 0 Å². The summed E-state index contributed by atoms with van der Waals surface area (Å²) in [6.45, 7) is 9.92. The lowest BCUT2D eigenvalue weighted by Crippen LogP contribution is -2.47. The van der Waals surface area contributed by atoms with E-state index in [-0.39, 0.29) is 5.97 Å². The van der Waals surface area contributed by atoms with E-state index in [2.05, 4.69) is 48.3 Å². The third-order valence-corrected chi connectivity index (χ3v) is 6.25. The van der Waals surface area contributed by atoms with Crippen molar-refractivity contribution in [3.05, 3.63) is 0 Å². The number of hydrogen-bond acceptors (Lipinski definition) is 3. The van der Waals surface area contributed by atoms with Crippen molar-refractivity contribution in [1.82, 2.24) is 4.90 Å². The van der Waals surface area contributed by atoms with Crippen LogP contribution in [0.15, 0.2) is 0 Å². The number of nitrogens with zero attached hydrogens (tertiary/aromatic N) is 1. The van der Waals surface area contributed by atoms with Gasteiger partial charge in [-0.15, -0.1) is 0 Å². The van der Waals surface area contributed by atoms with E-state index >= 15 is 0 Å². The van der Waals surface area contributed by atoms with Crippen LogP contribution in [0, 0.1) is 23.2 Å². The average molecular weight is 449 g/mol. The minimum Gasteiger partial charge on any atom is -0.464 e. The van der Waals surface area contributed by atoms with Crippen LogP contribution in [-0.2, 0) is 9.53 Å². The molecule has 140 valence electrons. The van der Waals surface area contributed by atoms with Gasteiger partial charge in [0.1, 0.15) is 6.61 Å². The van der Waals surface area contributed by atoms with Crippen molar-refractivity contribution in [3.63, 3.8) is 0 Å². The number of ether oxygens (including phenoxy) is 1. The van der Waals surface area contributed by atoms with Crippen molar-refractivity contribution in [2.75, 3.05) is 30.7 Å². The van der Waals surface area contributed by atoms with Crippen LogP contribution in [0.5, 0.6) is 0 Å². The molecule has 24 heavy (non-hydrogen) atoms. The lowest BCUT2D eigenvalue weighted by molar-refractivity contribution is -0.152. The minimum absolute atomic E-state index is 0.0594. The lowest BCUT2D eigenvalue weighted by atomic mass is 9.49. The van der Waals surface area contributed by atoms with Crippen molar-refractivity contribution in [2.45, 2.75) is 65.7 Å². The highest BCUT2D eigenvalue weighted by Gasteiger charge is 2.51. The number of carbonyl (C=O) groups excluding carboxylic acids is 1. The zero-order chi connectivity index (χ0) is 17.6. The second-order valence-electron chi connectivity index (χ2n) is 8.11. The first-order chi connectivity index (χ1) is 11.5. The molecule has 0 atom stereocenters. The maximum absolute atomic E-state index is 12.2. The number of carbonyl (C=O) groups is 1. The van der Waals surface area contributed by atoms with Gasteiger partial charge in [0.25, 0.3) is 0 Å². The number of halogens is 1. The Balaban J connectivity index is 0.000000647. The third kappa shape index (κ3) is 5.58. The molecule has 0 aromatic carbocycles. The molecule has 0 N–H and O–H groups in total. The number of likely N-dealkylation sites (N-methyl/N-ethyl adjacent to an activating group) is 1. The first-order valence-corrected chi connectivity index (χ1v) is 11.5. The minimum atomic E-state index is 0.0594. The molecule has 0 aromatic heterocycles. The monoisotopic (exact) mass is 449 g/mol. The van der Waals surface area contributed by atoms with Gasteiger partial charge in [0, 0.05) is 6.54 Å². The van der Waals surface area contributed by atoms with E-state index in [0.717, 1.165) is 37.4 Å². The molecule has 0 heterocycles. The Kier molecular flexibility index (Phi) is 8.31. The molecule has 4 rings (SSSR count). The maximum Gasteiger partial charge on any atom is 0.306 e. The van der Waals surface area contributed by atoms with Crippen molar-refractivity contribution >= 4 is 28.6 Å². The van der Waals surface area contributed by atoms with Crippen LogP contribution in [0.3, 0.4) is 0 Å². The highest BCUT2D eigenvalue weighted by atomic mass is 127. The summed E-state index contributed by atoms with van der Waals surface area (Å²) in [5.41, 5.74) is 0.320. The van der Waals surface area contributed by atoms with Gasteiger partial charge >= 0.3 is 5.97 Å². The molecule has 4 fully saturated rings. The molecule has 0 amide bonds. The Morgan fingerprint density at radius 1 is 1.04 bits per heavy atom. The average Bonchev–Trinajstić information content (AvgIpc) is 2.50. The van der Waals surface area contributed by atoms with E-state index in [4.69, 9.17) is 4.74 Å². The maximum atomic E-state index is 12.2.